The van der Waals surface area contributed by atoms with Gasteiger partial charge in [-0.15, -0.1) is 24.0 Å². The van der Waals surface area contributed by atoms with Crippen molar-refractivity contribution < 1.29 is 4.52 Å². The number of nitrogens with zero attached hydrogens (tertiary/aromatic N) is 5. The van der Waals surface area contributed by atoms with Crippen molar-refractivity contribution >= 4 is 29.9 Å². The van der Waals surface area contributed by atoms with Gasteiger partial charge in [0, 0.05) is 51.1 Å². The van der Waals surface area contributed by atoms with E-state index in [0.717, 1.165) is 55.3 Å². The number of guanidine groups is 1. The van der Waals surface area contributed by atoms with E-state index in [-0.39, 0.29) is 24.0 Å². The summed E-state index contributed by atoms with van der Waals surface area (Å²) in [6.45, 7) is 4.45. The lowest BCUT2D eigenvalue weighted by Gasteiger charge is -2.12. The van der Waals surface area contributed by atoms with E-state index < -0.39 is 0 Å². The maximum absolute atomic E-state index is 5.38. The second-order valence-electron chi connectivity index (χ2n) is 6.44. The van der Waals surface area contributed by atoms with Crippen LogP contribution in [0.5, 0.6) is 0 Å². The van der Waals surface area contributed by atoms with Crippen LogP contribution in [0.2, 0.25) is 0 Å². The van der Waals surface area contributed by atoms with Crippen molar-refractivity contribution in [1.82, 2.24) is 30.6 Å². The molecule has 2 heterocycles. The molecule has 2 N–H and O–H groups in total. The average Bonchev–Trinajstić information content (AvgIpc) is 3.40. The summed E-state index contributed by atoms with van der Waals surface area (Å²) in [5, 5.41) is 14.9. The number of hydrogen-bond donors (Lipinski definition) is 2. The maximum atomic E-state index is 5.38. The average molecular weight is 509 g/mol. The standard InChI is InChI=1S/C20H27N7O.HI/c1-3-7-18-25-19(28-26-18)17-9-4-8-16(14-17)15-23-20(21-2)22-10-5-12-27-13-6-11-24-27;/h4,6,8-9,11,13-14H,3,5,7,10,12,15H2,1-2H3,(H2,21,22,23);1H. The van der Waals surface area contributed by atoms with Crippen LogP contribution >= 0.6 is 24.0 Å². The number of aryl methyl sites for hydroxylation is 2. The first-order chi connectivity index (χ1) is 13.8. The highest BCUT2D eigenvalue weighted by atomic mass is 127. The van der Waals surface area contributed by atoms with E-state index in [1.807, 2.05) is 29.1 Å². The molecule has 1 aromatic carbocycles. The first-order valence-corrected chi connectivity index (χ1v) is 9.62. The number of benzene rings is 1. The van der Waals surface area contributed by atoms with E-state index in [9.17, 15) is 0 Å². The molecule has 0 saturated carbocycles. The minimum Gasteiger partial charge on any atom is -0.356 e. The molecule has 0 aliphatic carbocycles. The van der Waals surface area contributed by atoms with Crippen LogP contribution in [0.3, 0.4) is 0 Å². The molecule has 0 spiro atoms. The van der Waals surface area contributed by atoms with Crippen LogP contribution in [0.1, 0.15) is 31.2 Å². The van der Waals surface area contributed by atoms with E-state index in [1.54, 1.807) is 13.2 Å². The Hall–Kier alpha value is -2.43. The summed E-state index contributed by atoms with van der Waals surface area (Å²) in [6, 6.07) is 10.0. The van der Waals surface area contributed by atoms with Crippen molar-refractivity contribution in [1.29, 1.82) is 0 Å². The number of aromatic nitrogens is 4. The Morgan fingerprint density at radius 1 is 1.24 bits per heavy atom. The Morgan fingerprint density at radius 3 is 2.90 bits per heavy atom. The fourth-order valence-corrected chi connectivity index (χ4v) is 2.80. The van der Waals surface area contributed by atoms with Crippen LogP contribution in [0.25, 0.3) is 11.5 Å². The first kappa shape index (κ1) is 22.9. The molecule has 0 atom stereocenters. The molecule has 3 rings (SSSR count). The van der Waals surface area contributed by atoms with Gasteiger partial charge in [0.2, 0.25) is 0 Å². The van der Waals surface area contributed by atoms with E-state index >= 15 is 0 Å². The second kappa shape index (κ2) is 12.2. The summed E-state index contributed by atoms with van der Waals surface area (Å²) < 4.78 is 7.30. The van der Waals surface area contributed by atoms with Gasteiger partial charge in [0.25, 0.3) is 5.89 Å². The van der Waals surface area contributed by atoms with Gasteiger partial charge < -0.3 is 15.2 Å². The van der Waals surface area contributed by atoms with Crippen LogP contribution in [0.15, 0.2) is 52.2 Å². The van der Waals surface area contributed by atoms with E-state index in [1.165, 1.54) is 0 Å². The Bertz CT molecular complexity index is 877. The Labute approximate surface area is 188 Å². The quantitative estimate of drug-likeness (QED) is 0.199. The van der Waals surface area contributed by atoms with Gasteiger partial charge in [-0.3, -0.25) is 9.67 Å². The number of halogens is 1. The minimum atomic E-state index is 0. The largest absolute Gasteiger partial charge is 0.356 e. The highest BCUT2D eigenvalue weighted by molar-refractivity contribution is 14.0. The summed E-state index contributed by atoms with van der Waals surface area (Å²) in [5.41, 5.74) is 2.04. The van der Waals surface area contributed by atoms with Crippen LogP contribution < -0.4 is 10.6 Å². The van der Waals surface area contributed by atoms with E-state index in [2.05, 4.69) is 49.9 Å². The first-order valence-electron chi connectivity index (χ1n) is 9.62. The molecule has 0 amide bonds. The van der Waals surface area contributed by atoms with Crippen molar-refractivity contribution in [2.75, 3.05) is 13.6 Å². The molecule has 29 heavy (non-hydrogen) atoms. The fraction of sp³-hybridized carbons (Fsp3) is 0.400. The Morgan fingerprint density at radius 2 is 2.14 bits per heavy atom. The van der Waals surface area contributed by atoms with E-state index in [4.69, 9.17) is 4.52 Å². The third-order valence-electron chi connectivity index (χ3n) is 4.21. The summed E-state index contributed by atoms with van der Waals surface area (Å²) in [5.74, 6) is 2.08. The third kappa shape index (κ3) is 7.15. The number of hydrogen-bond acceptors (Lipinski definition) is 5. The number of rotatable bonds is 9. The lowest BCUT2D eigenvalue weighted by Crippen LogP contribution is -2.37. The van der Waals surface area contributed by atoms with E-state index in [0.29, 0.717) is 12.4 Å². The molecule has 0 saturated heterocycles. The normalized spacial score (nSPS) is 11.2. The van der Waals surface area contributed by atoms with Crippen LogP contribution in [-0.2, 0) is 19.5 Å². The zero-order chi connectivity index (χ0) is 19.6. The summed E-state index contributed by atoms with van der Waals surface area (Å²) in [6.07, 6.45) is 6.55. The third-order valence-corrected chi connectivity index (χ3v) is 4.21. The van der Waals surface area contributed by atoms with Gasteiger partial charge in [-0.25, -0.2) is 0 Å². The van der Waals surface area contributed by atoms with Gasteiger partial charge in [0.05, 0.1) is 0 Å². The smallest absolute Gasteiger partial charge is 0.257 e. The summed E-state index contributed by atoms with van der Waals surface area (Å²) >= 11 is 0. The van der Waals surface area contributed by atoms with Crippen LogP contribution in [0.4, 0.5) is 0 Å². The minimum absolute atomic E-state index is 0. The SMILES string of the molecule is CCCc1noc(-c2cccc(CNC(=NC)NCCCn3cccn3)c2)n1.I. The molecular weight excluding hydrogens is 481 g/mol. The molecule has 0 unspecified atom stereocenters. The fourth-order valence-electron chi connectivity index (χ4n) is 2.80. The Kier molecular flexibility index (Phi) is 9.62. The predicted octanol–water partition coefficient (Wildman–Crippen LogP) is 3.26. The number of nitrogens with one attached hydrogen (secondary N) is 2. The lowest BCUT2D eigenvalue weighted by atomic mass is 10.1. The molecule has 0 aliphatic heterocycles. The van der Waals surface area contributed by atoms with Gasteiger partial charge in [0.15, 0.2) is 11.8 Å². The zero-order valence-electron chi connectivity index (χ0n) is 16.8. The molecular formula is C20H28IN7O. The van der Waals surface area contributed by atoms with Gasteiger partial charge in [0.1, 0.15) is 0 Å². The molecule has 0 radical (unpaired) electrons. The van der Waals surface area contributed by atoms with Crippen LogP contribution in [-0.4, -0.2) is 39.5 Å². The monoisotopic (exact) mass is 509 g/mol. The molecule has 0 fully saturated rings. The van der Waals surface area contributed by atoms with Gasteiger partial charge >= 0.3 is 0 Å². The van der Waals surface area contributed by atoms with Gasteiger partial charge in [-0.1, -0.05) is 24.2 Å². The zero-order valence-corrected chi connectivity index (χ0v) is 19.2. The molecule has 9 heteroatoms. The van der Waals surface area contributed by atoms with Gasteiger partial charge in [-0.05, 0) is 36.6 Å². The molecule has 156 valence electrons. The molecule has 0 bridgehead atoms. The second-order valence-corrected chi connectivity index (χ2v) is 6.44. The maximum Gasteiger partial charge on any atom is 0.257 e. The van der Waals surface area contributed by atoms with Crippen molar-refractivity contribution in [3.05, 3.63) is 54.1 Å². The lowest BCUT2D eigenvalue weighted by molar-refractivity contribution is 0.422. The van der Waals surface area contributed by atoms with Crippen molar-refractivity contribution in [3.63, 3.8) is 0 Å². The Balaban J connectivity index is 0.00000300. The van der Waals surface area contributed by atoms with Crippen molar-refractivity contribution in [2.24, 2.45) is 4.99 Å². The van der Waals surface area contributed by atoms with Crippen molar-refractivity contribution in [3.8, 4) is 11.5 Å². The highest BCUT2D eigenvalue weighted by Crippen LogP contribution is 2.18. The summed E-state index contributed by atoms with van der Waals surface area (Å²) in [7, 11) is 1.77. The summed E-state index contributed by atoms with van der Waals surface area (Å²) in [4.78, 5) is 8.73. The molecule has 2 aromatic heterocycles. The molecule has 3 aromatic rings. The van der Waals surface area contributed by atoms with Crippen molar-refractivity contribution in [2.45, 2.75) is 39.3 Å². The molecule has 0 aliphatic rings. The molecule has 8 nitrogen and oxygen atoms in total. The highest BCUT2D eigenvalue weighted by Gasteiger charge is 2.09. The van der Waals surface area contributed by atoms with Crippen LogP contribution in [0, 0.1) is 0 Å². The topological polar surface area (TPSA) is 93.2 Å². The van der Waals surface area contributed by atoms with Gasteiger partial charge in [-0.2, -0.15) is 10.1 Å². The predicted molar refractivity (Wildman–Crippen MR) is 124 cm³/mol. The number of aliphatic imine (C=N–C) groups is 1.